The molecule has 0 bridgehead atoms. The van der Waals surface area contributed by atoms with Crippen molar-refractivity contribution in [3.8, 4) is 0 Å². The van der Waals surface area contributed by atoms with Gasteiger partial charge < -0.3 is 55.5 Å². The second-order valence-corrected chi connectivity index (χ2v) is 10.4. The second kappa shape index (κ2) is 17.4. The summed E-state index contributed by atoms with van der Waals surface area (Å²) in [6.45, 7) is 5.16. The molecule has 13 nitrogen and oxygen atoms in total. The van der Waals surface area contributed by atoms with Crippen LogP contribution in [0.15, 0.2) is 0 Å². The summed E-state index contributed by atoms with van der Waals surface area (Å²) in [6, 6.07) is 0. The SMILES string of the molecule is CCCCCNC(=O)CC[C@H]1O[C@H](OC2O[C@H](CCC(=O)NCCCCC)[C@@H](O)[C@H](O)[C@H]2O)[C@H](O)[C@H](O)[C@@H]1O. The van der Waals surface area contributed by atoms with Gasteiger partial charge in [0.15, 0.2) is 12.6 Å². The molecular weight excluding hydrogens is 516 g/mol. The standard InChI is InChI=1S/C26H48N2O11/c1-3-5-7-13-27-17(29)11-9-15-19(31)21(33)23(35)25(37-15)39-26-24(36)22(34)20(32)16(38-26)10-12-18(30)28-14-8-6-4-2/h15-16,19-26,31-36H,3-14H2,1-2H3,(H,27,29)(H,28,30)/t15-,16-,19-,20-,21-,22+,23-,24-,25-,26?/m1/s1. The first kappa shape index (κ1) is 33.8. The Labute approximate surface area is 229 Å². The van der Waals surface area contributed by atoms with E-state index in [0.29, 0.717) is 13.1 Å². The molecule has 1 unspecified atom stereocenters. The van der Waals surface area contributed by atoms with E-state index in [-0.39, 0.29) is 37.5 Å². The molecule has 2 aliphatic heterocycles. The summed E-state index contributed by atoms with van der Waals surface area (Å²) in [7, 11) is 0. The highest BCUT2D eigenvalue weighted by molar-refractivity contribution is 5.76. The van der Waals surface area contributed by atoms with Crippen molar-refractivity contribution < 1.29 is 54.4 Å². The zero-order valence-electron chi connectivity index (χ0n) is 23.0. The highest BCUT2D eigenvalue weighted by atomic mass is 16.8. The van der Waals surface area contributed by atoms with Crippen LogP contribution in [0.1, 0.15) is 78.1 Å². The van der Waals surface area contributed by atoms with Gasteiger partial charge >= 0.3 is 0 Å². The molecule has 2 aliphatic rings. The Bertz CT molecular complexity index is 672. The third-order valence-electron chi connectivity index (χ3n) is 7.12. The molecule has 0 aromatic heterocycles. The van der Waals surface area contributed by atoms with Crippen LogP contribution in [-0.2, 0) is 23.8 Å². The number of carbonyl (C=O) groups excluding carboxylic acids is 2. The Morgan fingerprint density at radius 1 is 0.615 bits per heavy atom. The molecule has 0 saturated carbocycles. The van der Waals surface area contributed by atoms with Crippen molar-refractivity contribution in [2.75, 3.05) is 13.1 Å². The Balaban J connectivity index is 1.93. The van der Waals surface area contributed by atoms with Crippen LogP contribution in [0.4, 0.5) is 0 Å². The maximum Gasteiger partial charge on any atom is 0.220 e. The first-order chi connectivity index (χ1) is 18.6. The van der Waals surface area contributed by atoms with Crippen LogP contribution >= 0.6 is 0 Å². The fourth-order valence-corrected chi connectivity index (χ4v) is 4.60. The van der Waals surface area contributed by atoms with E-state index in [1.807, 2.05) is 0 Å². The fourth-order valence-electron chi connectivity index (χ4n) is 4.60. The van der Waals surface area contributed by atoms with Gasteiger partial charge in [-0.25, -0.2) is 0 Å². The monoisotopic (exact) mass is 564 g/mol. The van der Waals surface area contributed by atoms with E-state index in [0.717, 1.165) is 38.5 Å². The zero-order valence-corrected chi connectivity index (χ0v) is 23.0. The van der Waals surface area contributed by atoms with Crippen LogP contribution < -0.4 is 10.6 Å². The number of hydrogen-bond donors (Lipinski definition) is 8. The Morgan fingerprint density at radius 2 is 1.00 bits per heavy atom. The number of carbonyl (C=O) groups is 2. The molecule has 39 heavy (non-hydrogen) atoms. The molecule has 8 N–H and O–H groups in total. The molecule has 2 saturated heterocycles. The van der Waals surface area contributed by atoms with Crippen molar-refractivity contribution in [1.82, 2.24) is 10.6 Å². The van der Waals surface area contributed by atoms with Gasteiger partial charge in [0.05, 0.1) is 12.2 Å². The van der Waals surface area contributed by atoms with Crippen LogP contribution in [0.2, 0.25) is 0 Å². The van der Waals surface area contributed by atoms with Crippen molar-refractivity contribution >= 4 is 11.8 Å². The predicted molar refractivity (Wildman–Crippen MR) is 138 cm³/mol. The minimum Gasteiger partial charge on any atom is -0.388 e. The molecule has 0 radical (unpaired) electrons. The van der Waals surface area contributed by atoms with Crippen molar-refractivity contribution in [2.24, 2.45) is 0 Å². The van der Waals surface area contributed by atoms with Crippen molar-refractivity contribution in [1.29, 1.82) is 0 Å². The largest absolute Gasteiger partial charge is 0.388 e. The zero-order chi connectivity index (χ0) is 28.9. The lowest BCUT2D eigenvalue weighted by Gasteiger charge is -2.45. The Hall–Kier alpha value is -1.42. The molecule has 228 valence electrons. The minimum atomic E-state index is -1.73. The average Bonchev–Trinajstić information content (AvgIpc) is 2.92. The summed E-state index contributed by atoms with van der Waals surface area (Å²) < 4.78 is 16.8. The number of aliphatic hydroxyl groups is 6. The van der Waals surface area contributed by atoms with E-state index in [2.05, 4.69) is 24.5 Å². The molecular formula is C26H48N2O11. The molecule has 2 fully saturated rings. The highest BCUT2D eigenvalue weighted by Gasteiger charge is 2.49. The molecule has 0 aromatic carbocycles. The number of aliphatic hydroxyl groups excluding tert-OH is 6. The van der Waals surface area contributed by atoms with Crippen molar-refractivity contribution in [3.05, 3.63) is 0 Å². The van der Waals surface area contributed by atoms with Gasteiger partial charge in [0.1, 0.15) is 36.6 Å². The van der Waals surface area contributed by atoms with E-state index in [1.54, 1.807) is 0 Å². The smallest absolute Gasteiger partial charge is 0.220 e. The van der Waals surface area contributed by atoms with Crippen LogP contribution in [0.5, 0.6) is 0 Å². The molecule has 13 heteroatoms. The average molecular weight is 565 g/mol. The lowest BCUT2D eigenvalue weighted by atomic mass is 9.94. The molecule has 0 aliphatic carbocycles. The Morgan fingerprint density at radius 3 is 1.36 bits per heavy atom. The Kier molecular flexibility index (Phi) is 15.1. The lowest BCUT2D eigenvalue weighted by molar-refractivity contribution is -0.374. The summed E-state index contributed by atoms with van der Waals surface area (Å²) in [6.07, 6.45) is -9.36. The van der Waals surface area contributed by atoms with Gasteiger partial charge in [0.2, 0.25) is 11.8 Å². The first-order valence-electron chi connectivity index (χ1n) is 14.2. The minimum absolute atomic E-state index is 0.000566. The van der Waals surface area contributed by atoms with Crippen LogP contribution in [0, 0.1) is 0 Å². The maximum atomic E-state index is 12.1. The molecule has 2 amide bonds. The maximum absolute atomic E-state index is 12.1. The third kappa shape index (κ3) is 10.5. The number of amides is 2. The summed E-state index contributed by atoms with van der Waals surface area (Å²) >= 11 is 0. The molecule has 10 atom stereocenters. The number of hydrogen-bond acceptors (Lipinski definition) is 11. The van der Waals surface area contributed by atoms with E-state index >= 15 is 0 Å². The summed E-state index contributed by atoms with van der Waals surface area (Å²) in [5.41, 5.74) is 0. The van der Waals surface area contributed by atoms with Gasteiger partial charge in [-0.05, 0) is 25.7 Å². The number of nitrogens with one attached hydrogen (secondary N) is 2. The van der Waals surface area contributed by atoms with Gasteiger partial charge in [-0.1, -0.05) is 39.5 Å². The van der Waals surface area contributed by atoms with Crippen molar-refractivity contribution in [3.63, 3.8) is 0 Å². The molecule has 0 spiro atoms. The van der Waals surface area contributed by atoms with E-state index in [9.17, 15) is 40.2 Å². The van der Waals surface area contributed by atoms with Gasteiger partial charge in [-0.3, -0.25) is 9.59 Å². The van der Waals surface area contributed by atoms with Gasteiger partial charge in [-0.15, -0.1) is 0 Å². The van der Waals surface area contributed by atoms with E-state index in [4.69, 9.17) is 14.2 Å². The number of ether oxygens (including phenoxy) is 3. The normalized spacial score (nSPS) is 35.0. The summed E-state index contributed by atoms with van der Waals surface area (Å²) in [5.74, 6) is -0.499. The second-order valence-electron chi connectivity index (χ2n) is 10.4. The molecule has 2 rings (SSSR count). The number of rotatable bonds is 16. The third-order valence-corrected chi connectivity index (χ3v) is 7.12. The molecule has 0 aromatic rings. The van der Waals surface area contributed by atoms with Gasteiger partial charge in [0.25, 0.3) is 0 Å². The van der Waals surface area contributed by atoms with Crippen LogP contribution in [0.3, 0.4) is 0 Å². The van der Waals surface area contributed by atoms with Gasteiger partial charge in [-0.2, -0.15) is 0 Å². The van der Waals surface area contributed by atoms with E-state index in [1.165, 1.54) is 0 Å². The fraction of sp³-hybridized carbons (Fsp3) is 0.923. The quantitative estimate of drug-likeness (QED) is 0.104. The topological polar surface area (TPSA) is 207 Å². The van der Waals surface area contributed by atoms with Crippen LogP contribution in [0.25, 0.3) is 0 Å². The number of unbranched alkanes of at least 4 members (excludes halogenated alkanes) is 4. The van der Waals surface area contributed by atoms with Crippen LogP contribution in [-0.4, -0.2) is 117 Å². The summed E-state index contributed by atoms with van der Waals surface area (Å²) in [5, 5.41) is 67.8. The van der Waals surface area contributed by atoms with Crippen molar-refractivity contribution in [2.45, 2.75) is 139 Å². The predicted octanol–water partition coefficient (Wildman–Crippen LogP) is -1.21. The first-order valence-corrected chi connectivity index (χ1v) is 14.2. The lowest BCUT2D eigenvalue weighted by Crippen LogP contribution is -2.63. The van der Waals surface area contributed by atoms with Gasteiger partial charge in [0, 0.05) is 25.9 Å². The van der Waals surface area contributed by atoms with E-state index < -0.39 is 61.4 Å². The summed E-state index contributed by atoms with van der Waals surface area (Å²) in [4.78, 5) is 24.2. The molecule has 2 heterocycles. The highest BCUT2D eigenvalue weighted by Crippen LogP contribution is 2.30.